The highest BCUT2D eigenvalue weighted by atomic mass is 32.2. The summed E-state index contributed by atoms with van der Waals surface area (Å²) in [5, 5.41) is 0. The Bertz CT molecular complexity index is 148. The monoisotopic (exact) mass is 174 g/mol. The smallest absolute Gasteiger partial charge is 0.165 e. The molecule has 2 atom stereocenters. The Morgan fingerprint density at radius 3 is 3.09 bits per heavy atom. The predicted molar refractivity (Wildman–Crippen MR) is 42.4 cm³/mol. The van der Waals surface area contributed by atoms with Gasteiger partial charge in [-0.25, -0.2) is 0 Å². The molecule has 0 aliphatic carbocycles. The number of terminal acetylenes is 1. The van der Waals surface area contributed by atoms with Crippen molar-refractivity contribution in [3.63, 3.8) is 0 Å². The van der Waals surface area contributed by atoms with E-state index < -0.39 is 11.2 Å². The van der Waals surface area contributed by atoms with Crippen LogP contribution in [0.1, 0.15) is 0 Å². The zero-order chi connectivity index (χ0) is 8.10. The number of rotatable bonds is 3. The molecule has 1 aliphatic rings. The molecule has 0 radical (unpaired) electrons. The van der Waals surface area contributed by atoms with Crippen molar-refractivity contribution in [1.29, 1.82) is 0 Å². The van der Waals surface area contributed by atoms with Gasteiger partial charge in [0.15, 0.2) is 5.75 Å². The SMILES string of the molecule is C#CC[S+]([O-])CC1COCO1. The summed E-state index contributed by atoms with van der Waals surface area (Å²) in [6.45, 7) is 0.855. The van der Waals surface area contributed by atoms with Gasteiger partial charge in [0.25, 0.3) is 0 Å². The molecular formula is C7H10O3S. The third-order valence-electron chi connectivity index (χ3n) is 1.31. The molecule has 1 heterocycles. The van der Waals surface area contributed by atoms with Crippen LogP contribution in [0.4, 0.5) is 0 Å². The zero-order valence-corrected chi connectivity index (χ0v) is 6.93. The van der Waals surface area contributed by atoms with Crippen LogP contribution in [0.3, 0.4) is 0 Å². The lowest BCUT2D eigenvalue weighted by Gasteiger charge is -2.10. The van der Waals surface area contributed by atoms with Crippen molar-refractivity contribution in [2.24, 2.45) is 0 Å². The Balaban J connectivity index is 2.14. The van der Waals surface area contributed by atoms with E-state index in [1.165, 1.54) is 0 Å². The highest BCUT2D eigenvalue weighted by Gasteiger charge is 2.21. The molecule has 1 fully saturated rings. The highest BCUT2D eigenvalue weighted by molar-refractivity contribution is 7.91. The van der Waals surface area contributed by atoms with E-state index in [1.54, 1.807) is 0 Å². The van der Waals surface area contributed by atoms with Gasteiger partial charge in [-0.2, -0.15) is 0 Å². The lowest BCUT2D eigenvalue weighted by atomic mass is 10.4. The van der Waals surface area contributed by atoms with Gasteiger partial charge in [0, 0.05) is 0 Å². The van der Waals surface area contributed by atoms with E-state index in [9.17, 15) is 4.55 Å². The van der Waals surface area contributed by atoms with Crippen LogP contribution in [-0.2, 0) is 20.6 Å². The van der Waals surface area contributed by atoms with Crippen LogP contribution in [0.25, 0.3) is 0 Å². The molecule has 0 amide bonds. The van der Waals surface area contributed by atoms with Gasteiger partial charge in [-0.1, -0.05) is 5.92 Å². The maximum atomic E-state index is 11.0. The van der Waals surface area contributed by atoms with Crippen LogP contribution in [0.15, 0.2) is 0 Å². The Hall–Kier alpha value is -0.210. The topological polar surface area (TPSA) is 41.5 Å². The third kappa shape index (κ3) is 3.12. The standard InChI is InChI=1S/C7H10O3S/c1-2-3-11(8)5-7-4-9-6-10-7/h1,7H,3-6H2. The summed E-state index contributed by atoms with van der Waals surface area (Å²) in [5.41, 5.74) is 0. The van der Waals surface area contributed by atoms with Crippen LogP contribution in [-0.4, -0.2) is 35.6 Å². The average Bonchev–Trinajstić information content (AvgIpc) is 2.40. The maximum Gasteiger partial charge on any atom is 0.165 e. The molecule has 11 heavy (non-hydrogen) atoms. The minimum absolute atomic E-state index is 0.0239. The molecule has 0 spiro atoms. The average molecular weight is 174 g/mol. The number of hydrogen-bond donors (Lipinski definition) is 0. The van der Waals surface area contributed by atoms with Crippen LogP contribution < -0.4 is 0 Å². The van der Waals surface area contributed by atoms with E-state index in [0.29, 0.717) is 24.9 Å². The Morgan fingerprint density at radius 2 is 2.55 bits per heavy atom. The molecule has 2 unspecified atom stereocenters. The van der Waals surface area contributed by atoms with Gasteiger partial charge in [-0.3, -0.25) is 0 Å². The van der Waals surface area contributed by atoms with Gasteiger partial charge in [-0.15, -0.1) is 6.42 Å². The van der Waals surface area contributed by atoms with Gasteiger partial charge in [0.05, 0.1) is 6.61 Å². The molecule has 0 aromatic rings. The Labute approximate surface area is 69.2 Å². The summed E-state index contributed by atoms with van der Waals surface area (Å²) in [7, 11) is 0. The highest BCUT2D eigenvalue weighted by Crippen LogP contribution is 2.06. The first-order chi connectivity index (χ1) is 5.33. The summed E-state index contributed by atoms with van der Waals surface area (Å²) >= 11 is -0.951. The van der Waals surface area contributed by atoms with Gasteiger partial charge >= 0.3 is 0 Å². The fourth-order valence-corrected chi connectivity index (χ4v) is 1.74. The second-order valence-corrected chi connectivity index (χ2v) is 3.73. The molecule has 1 aliphatic heterocycles. The zero-order valence-electron chi connectivity index (χ0n) is 6.12. The quantitative estimate of drug-likeness (QED) is 0.437. The molecule has 0 aromatic heterocycles. The van der Waals surface area contributed by atoms with Crippen molar-refractivity contribution >= 4 is 11.2 Å². The molecule has 0 N–H and O–H groups in total. The predicted octanol–water partition coefficient (Wildman–Crippen LogP) is -0.259. The fourth-order valence-electron chi connectivity index (χ4n) is 0.827. The lowest BCUT2D eigenvalue weighted by Crippen LogP contribution is -2.24. The summed E-state index contributed by atoms with van der Waals surface area (Å²) in [6, 6.07) is 0. The van der Waals surface area contributed by atoms with Crippen molar-refractivity contribution in [1.82, 2.24) is 0 Å². The van der Waals surface area contributed by atoms with Crippen molar-refractivity contribution in [2.75, 3.05) is 24.9 Å². The first kappa shape index (κ1) is 8.88. The minimum Gasteiger partial charge on any atom is -0.616 e. The normalized spacial score (nSPS) is 26.4. The maximum absolute atomic E-state index is 11.0. The molecule has 0 aromatic carbocycles. The Kier molecular flexibility index (Phi) is 3.73. The van der Waals surface area contributed by atoms with Crippen molar-refractivity contribution in [3.05, 3.63) is 0 Å². The molecule has 4 heteroatoms. The largest absolute Gasteiger partial charge is 0.616 e. The molecular weight excluding hydrogens is 164 g/mol. The van der Waals surface area contributed by atoms with E-state index in [0.717, 1.165) is 0 Å². The van der Waals surface area contributed by atoms with E-state index in [1.807, 2.05) is 0 Å². The molecule has 62 valence electrons. The third-order valence-corrected chi connectivity index (χ3v) is 2.54. The van der Waals surface area contributed by atoms with Crippen LogP contribution >= 0.6 is 0 Å². The lowest BCUT2D eigenvalue weighted by molar-refractivity contribution is 0.0521. The Morgan fingerprint density at radius 1 is 1.73 bits per heavy atom. The second-order valence-electron chi connectivity index (χ2n) is 2.23. The van der Waals surface area contributed by atoms with Crippen LogP contribution in [0.2, 0.25) is 0 Å². The van der Waals surface area contributed by atoms with Gasteiger partial charge < -0.3 is 14.0 Å². The fraction of sp³-hybridized carbons (Fsp3) is 0.714. The molecule has 0 bridgehead atoms. The summed E-state index contributed by atoms with van der Waals surface area (Å²) < 4.78 is 21.0. The summed E-state index contributed by atoms with van der Waals surface area (Å²) in [5.74, 6) is 3.14. The molecule has 1 saturated heterocycles. The van der Waals surface area contributed by atoms with Gasteiger partial charge in [0.1, 0.15) is 18.6 Å². The number of hydrogen-bond acceptors (Lipinski definition) is 3. The molecule has 1 rings (SSSR count). The van der Waals surface area contributed by atoms with E-state index in [2.05, 4.69) is 5.92 Å². The minimum atomic E-state index is -0.951. The van der Waals surface area contributed by atoms with Crippen molar-refractivity contribution in [3.8, 4) is 12.3 Å². The first-order valence-corrected chi connectivity index (χ1v) is 4.79. The van der Waals surface area contributed by atoms with Gasteiger partial charge in [0.2, 0.25) is 0 Å². The first-order valence-electron chi connectivity index (χ1n) is 3.30. The van der Waals surface area contributed by atoms with E-state index in [4.69, 9.17) is 15.9 Å². The summed E-state index contributed by atoms with van der Waals surface area (Å²) in [4.78, 5) is 0. The summed E-state index contributed by atoms with van der Waals surface area (Å²) in [6.07, 6.45) is 4.96. The second kappa shape index (κ2) is 4.62. The van der Waals surface area contributed by atoms with Crippen molar-refractivity contribution < 1.29 is 14.0 Å². The molecule has 0 saturated carbocycles. The van der Waals surface area contributed by atoms with Gasteiger partial charge in [-0.05, 0) is 11.2 Å². The van der Waals surface area contributed by atoms with Crippen LogP contribution in [0.5, 0.6) is 0 Å². The van der Waals surface area contributed by atoms with Crippen molar-refractivity contribution in [2.45, 2.75) is 6.10 Å². The molecule has 3 nitrogen and oxygen atoms in total. The van der Waals surface area contributed by atoms with E-state index >= 15 is 0 Å². The van der Waals surface area contributed by atoms with Crippen LogP contribution in [0, 0.1) is 12.3 Å². The van der Waals surface area contributed by atoms with E-state index in [-0.39, 0.29) is 6.10 Å². The number of ether oxygens (including phenoxy) is 2.